The maximum atomic E-state index is 12.7. The molecule has 1 aromatic carbocycles. The lowest BCUT2D eigenvalue weighted by atomic mass is 10.1. The molecule has 160 valence electrons. The molecule has 0 spiro atoms. The van der Waals surface area contributed by atoms with Crippen molar-refractivity contribution in [2.45, 2.75) is 38.3 Å². The van der Waals surface area contributed by atoms with E-state index in [1.807, 2.05) is 23.1 Å². The summed E-state index contributed by atoms with van der Waals surface area (Å²) in [5.41, 5.74) is 1.84. The third-order valence-corrected chi connectivity index (χ3v) is 6.44. The Hall–Kier alpha value is -2.61. The first kappa shape index (κ1) is 19.4. The largest absolute Gasteiger partial charge is 0.381 e. The van der Waals surface area contributed by atoms with E-state index in [4.69, 9.17) is 4.74 Å². The van der Waals surface area contributed by atoms with Crippen LogP contribution in [0.15, 0.2) is 29.3 Å². The van der Waals surface area contributed by atoms with E-state index in [1.165, 1.54) is 12.8 Å². The van der Waals surface area contributed by atoms with Gasteiger partial charge in [0.2, 0.25) is 0 Å². The quantitative estimate of drug-likeness (QED) is 0.830. The smallest absolute Gasteiger partial charge is 0.317 e. The third-order valence-electron chi connectivity index (χ3n) is 6.44. The molecule has 5 rings (SSSR count). The molecule has 2 aromatic rings. The first-order chi connectivity index (χ1) is 14.7. The molecule has 30 heavy (non-hydrogen) atoms. The predicted molar refractivity (Wildman–Crippen MR) is 115 cm³/mol. The minimum Gasteiger partial charge on any atom is -0.381 e. The van der Waals surface area contributed by atoms with E-state index in [-0.39, 0.29) is 17.6 Å². The molecule has 1 aliphatic carbocycles. The number of anilines is 1. The van der Waals surface area contributed by atoms with Crippen molar-refractivity contribution < 1.29 is 9.53 Å². The summed E-state index contributed by atoms with van der Waals surface area (Å²) in [7, 11) is 0. The lowest BCUT2D eigenvalue weighted by molar-refractivity contribution is 0.0779. The van der Waals surface area contributed by atoms with Crippen molar-refractivity contribution in [2.75, 3.05) is 44.3 Å². The fraction of sp³-hybridized carbons (Fsp3) is 0.591. The minimum atomic E-state index is 0.0259. The molecule has 0 radical (unpaired) electrons. The van der Waals surface area contributed by atoms with Crippen LogP contribution < -0.4 is 15.8 Å². The summed E-state index contributed by atoms with van der Waals surface area (Å²) in [6.45, 7) is 5.13. The molecule has 2 amide bonds. The van der Waals surface area contributed by atoms with E-state index in [2.05, 4.69) is 15.2 Å². The lowest BCUT2D eigenvalue weighted by Gasteiger charge is -2.37. The molecule has 1 saturated carbocycles. The van der Waals surface area contributed by atoms with E-state index in [1.54, 1.807) is 10.9 Å². The summed E-state index contributed by atoms with van der Waals surface area (Å²) in [5.74, 6) is 0.640. The maximum absolute atomic E-state index is 12.7. The van der Waals surface area contributed by atoms with Gasteiger partial charge in [0, 0.05) is 57.7 Å². The summed E-state index contributed by atoms with van der Waals surface area (Å²) in [5, 5.41) is 3.82. The second-order valence-corrected chi connectivity index (χ2v) is 8.66. The summed E-state index contributed by atoms with van der Waals surface area (Å²) in [4.78, 5) is 33.9. The van der Waals surface area contributed by atoms with Crippen LogP contribution in [0.5, 0.6) is 0 Å². The van der Waals surface area contributed by atoms with E-state index < -0.39 is 0 Å². The molecule has 0 unspecified atom stereocenters. The van der Waals surface area contributed by atoms with Crippen molar-refractivity contribution in [1.82, 2.24) is 19.8 Å². The highest BCUT2D eigenvalue weighted by Crippen LogP contribution is 2.30. The van der Waals surface area contributed by atoms with Gasteiger partial charge in [-0.1, -0.05) is 0 Å². The Balaban J connectivity index is 1.22. The average molecular weight is 412 g/mol. The topological polar surface area (TPSA) is 79.7 Å². The summed E-state index contributed by atoms with van der Waals surface area (Å²) >= 11 is 0. The van der Waals surface area contributed by atoms with Gasteiger partial charge in [-0.3, -0.25) is 9.36 Å². The number of urea groups is 1. The molecule has 1 aromatic heterocycles. The zero-order valence-electron chi connectivity index (χ0n) is 17.3. The Bertz CT molecular complexity index is 972. The monoisotopic (exact) mass is 411 g/mol. The van der Waals surface area contributed by atoms with Crippen molar-refractivity contribution in [3.63, 3.8) is 0 Å². The Morgan fingerprint density at radius 2 is 1.87 bits per heavy atom. The first-order valence-electron chi connectivity index (χ1n) is 11.0. The van der Waals surface area contributed by atoms with Crippen LogP contribution in [0, 0.1) is 5.92 Å². The lowest BCUT2D eigenvalue weighted by Crippen LogP contribution is -2.54. The van der Waals surface area contributed by atoms with E-state index >= 15 is 0 Å². The Morgan fingerprint density at radius 1 is 1.10 bits per heavy atom. The number of aromatic nitrogens is 2. The van der Waals surface area contributed by atoms with Crippen LogP contribution in [0.4, 0.5) is 10.5 Å². The number of hydrogen-bond acceptors (Lipinski definition) is 5. The van der Waals surface area contributed by atoms with Crippen molar-refractivity contribution in [1.29, 1.82) is 0 Å². The number of nitrogens with one attached hydrogen (secondary N) is 1. The number of carbonyl (C=O) groups is 1. The maximum Gasteiger partial charge on any atom is 0.317 e. The van der Waals surface area contributed by atoms with Crippen LogP contribution in [0.1, 0.15) is 25.7 Å². The average Bonchev–Trinajstić information content (AvgIpc) is 3.60. The van der Waals surface area contributed by atoms with Crippen LogP contribution in [-0.2, 0) is 11.3 Å². The molecule has 3 fully saturated rings. The molecule has 3 heterocycles. The Labute approximate surface area is 175 Å². The summed E-state index contributed by atoms with van der Waals surface area (Å²) < 4.78 is 7.10. The number of ether oxygens (including phenoxy) is 1. The van der Waals surface area contributed by atoms with Gasteiger partial charge in [0.1, 0.15) is 0 Å². The molecular weight excluding hydrogens is 382 g/mol. The summed E-state index contributed by atoms with van der Waals surface area (Å²) in [6, 6.07) is 6.14. The number of nitrogens with zero attached hydrogens (tertiary/aromatic N) is 4. The molecule has 0 bridgehead atoms. The van der Waals surface area contributed by atoms with Crippen LogP contribution >= 0.6 is 0 Å². The van der Waals surface area contributed by atoms with Gasteiger partial charge < -0.3 is 19.9 Å². The number of rotatable bonds is 4. The van der Waals surface area contributed by atoms with E-state index in [0.29, 0.717) is 24.4 Å². The molecule has 3 aliphatic rings. The normalized spacial score (nSPS) is 20.5. The predicted octanol–water partition coefficient (Wildman–Crippen LogP) is 1.82. The highest BCUT2D eigenvalue weighted by molar-refractivity contribution is 5.81. The first-order valence-corrected chi connectivity index (χ1v) is 11.0. The number of amides is 2. The van der Waals surface area contributed by atoms with Crippen LogP contribution in [-0.4, -0.2) is 65.9 Å². The zero-order valence-corrected chi connectivity index (χ0v) is 17.3. The molecule has 0 atom stereocenters. The Kier molecular flexibility index (Phi) is 5.33. The van der Waals surface area contributed by atoms with Gasteiger partial charge in [0.25, 0.3) is 5.56 Å². The number of carbonyl (C=O) groups excluding carboxylic acids is 1. The van der Waals surface area contributed by atoms with Crippen molar-refractivity contribution in [3.8, 4) is 0 Å². The number of hydrogen-bond donors (Lipinski definition) is 1. The molecule has 2 saturated heterocycles. The third kappa shape index (κ3) is 4.14. The second kappa shape index (κ2) is 8.26. The zero-order chi connectivity index (χ0) is 20.5. The summed E-state index contributed by atoms with van der Waals surface area (Å²) in [6.07, 6.45) is 5.88. The highest BCUT2D eigenvalue weighted by Gasteiger charge is 2.25. The molecule has 8 nitrogen and oxygen atoms in total. The molecule has 2 aliphatic heterocycles. The standard InChI is InChI=1S/C22H29N5O3/c28-21-19-4-3-18(13-20(19)23-15-27(21)14-16-1-2-16)25-7-9-26(10-8-25)22(29)24-17-5-11-30-12-6-17/h3-4,13,15-17H,1-2,5-12,14H2,(H,24,29). The number of benzene rings is 1. The minimum absolute atomic E-state index is 0.0259. The molecular formula is C22H29N5O3. The van der Waals surface area contributed by atoms with Crippen molar-refractivity contribution >= 4 is 22.6 Å². The van der Waals surface area contributed by atoms with Gasteiger partial charge in [0.05, 0.1) is 17.2 Å². The molecule has 8 heteroatoms. The highest BCUT2D eigenvalue weighted by atomic mass is 16.5. The van der Waals surface area contributed by atoms with Gasteiger partial charge in [-0.25, -0.2) is 9.78 Å². The Morgan fingerprint density at radius 3 is 2.60 bits per heavy atom. The van der Waals surface area contributed by atoms with E-state index in [0.717, 1.165) is 56.9 Å². The van der Waals surface area contributed by atoms with E-state index in [9.17, 15) is 9.59 Å². The van der Waals surface area contributed by atoms with Crippen molar-refractivity contribution in [3.05, 3.63) is 34.9 Å². The molecule has 1 N–H and O–H groups in total. The van der Waals surface area contributed by atoms with Crippen LogP contribution in [0.2, 0.25) is 0 Å². The van der Waals surface area contributed by atoms with Crippen molar-refractivity contribution in [2.24, 2.45) is 5.92 Å². The van der Waals surface area contributed by atoms with Gasteiger partial charge in [-0.05, 0) is 49.8 Å². The van der Waals surface area contributed by atoms with Gasteiger partial charge >= 0.3 is 6.03 Å². The fourth-order valence-electron chi connectivity index (χ4n) is 4.33. The van der Waals surface area contributed by atoms with Gasteiger partial charge in [-0.15, -0.1) is 0 Å². The number of piperazine rings is 1. The SMILES string of the molecule is O=C(NC1CCOCC1)N1CCN(c2ccc3c(=O)n(CC4CC4)cnc3c2)CC1. The van der Waals surface area contributed by atoms with Gasteiger partial charge in [-0.2, -0.15) is 0 Å². The van der Waals surface area contributed by atoms with Crippen LogP contribution in [0.3, 0.4) is 0 Å². The second-order valence-electron chi connectivity index (χ2n) is 8.66. The van der Waals surface area contributed by atoms with Gasteiger partial charge in [0.15, 0.2) is 0 Å². The van der Waals surface area contributed by atoms with Crippen LogP contribution in [0.25, 0.3) is 10.9 Å². The number of fused-ring (bicyclic) bond motifs is 1. The fourth-order valence-corrected chi connectivity index (χ4v) is 4.33.